The number of nitrogens with zero attached hydrogens (tertiary/aromatic N) is 2. The van der Waals surface area contributed by atoms with Gasteiger partial charge in [0.2, 0.25) is 5.89 Å². The number of halogens is 1. The van der Waals surface area contributed by atoms with Gasteiger partial charge in [-0.3, -0.25) is 0 Å². The summed E-state index contributed by atoms with van der Waals surface area (Å²) >= 11 is 5.75. The molecule has 0 saturated heterocycles. The molecule has 0 radical (unpaired) electrons. The summed E-state index contributed by atoms with van der Waals surface area (Å²) in [7, 11) is -3.55. The van der Waals surface area contributed by atoms with Crippen LogP contribution in [0.5, 0.6) is 0 Å². The van der Waals surface area contributed by atoms with Crippen molar-refractivity contribution in [3.8, 4) is 0 Å². The van der Waals surface area contributed by atoms with E-state index in [-0.39, 0.29) is 16.5 Å². The van der Waals surface area contributed by atoms with Crippen molar-refractivity contribution in [3.63, 3.8) is 0 Å². The topological polar surface area (TPSA) is 99.1 Å². The third-order valence-corrected chi connectivity index (χ3v) is 5.51. The summed E-state index contributed by atoms with van der Waals surface area (Å²) in [6, 6.07) is 5.95. The van der Waals surface area contributed by atoms with E-state index in [4.69, 9.17) is 21.9 Å². The van der Waals surface area contributed by atoms with Crippen LogP contribution in [-0.2, 0) is 21.1 Å². The van der Waals surface area contributed by atoms with Gasteiger partial charge in [-0.2, -0.15) is 4.98 Å². The highest BCUT2D eigenvalue weighted by atomic mass is 35.5. The maximum atomic E-state index is 12.3. The molecule has 1 saturated carbocycles. The summed E-state index contributed by atoms with van der Waals surface area (Å²) in [6.07, 6.45) is 2.59. The number of rotatable bonds is 4. The lowest BCUT2D eigenvalue weighted by molar-refractivity contribution is 0.229. The largest absolute Gasteiger partial charge is 0.338 e. The molecule has 1 fully saturated rings. The zero-order chi connectivity index (χ0) is 15.1. The van der Waals surface area contributed by atoms with Crippen molar-refractivity contribution >= 4 is 21.4 Å². The van der Waals surface area contributed by atoms with Gasteiger partial charge in [0, 0.05) is 5.02 Å². The Morgan fingerprint density at radius 2 is 1.95 bits per heavy atom. The molecule has 1 aliphatic rings. The molecule has 0 spiro atoms. The lowest BCUT2D eigenvalue weighted by atomic mass is 9.77. The summed E-state index contributed by atoms with van der Waals surface area (Å²) in [5, 5.41) is 4.28. The van der Waals surface area contributed by atoms with Crippen molar-refractivity contribution in [2.75, 3.05) is 0 Å². The van der Waals surface area contributed by atoms with E-state index in [2.05, 4.69) is 10.1 Å². The molecule has 0 amide bonds. The van der Waals surface area contributed by atoms with E-state index in [0.717, 1.165) is 19.3 Å². The maximum absolute atomic E-state index is 12.3. The lowest BCUT2D eigenvalue weighted by Crippen LogP contribution is -2.44. The Morgan fingerprint density at radius 3 is 2.52 bits per heavy atom. The quantitative estimate of drug-likeness (QED) is 0.922. The molecule has 0 aliphatic heterocycles. The molecule has 0 bridgehead atoms. The van der Waals surface area contributed by atoms with Gasteiger partial charge in [0.15, 0.2) is 15.7 Å². The van der Waals surface area contributed by atoms with E-state index >= 15 is 0 Å². The van der Waals surface area contributed by atoms with Gasteiger partial charge in [0.1, 0.15) is 5.75 Å². The second-order valence-electron chi connectivity index (χ2n) is 5.23. The van der Waals surface area contributed by atoms with E-state index in [9.17, 15) is 8.42 Å². The van der Waals surface area contributed by atoms with E-state index in [1.165, 1.54) is 24.3 Å². The van der Waals surface area contributed by atoms with Crippen LogP contribution in [0.1, 0.15) is 31.0 Å². The number of aromatic nitrogens is 2. The number of hydrogen-bond donors (Lipinski definition) is 1. The highest BCUT2D eigenvalue weighted by Crippen LogP contribution is 2.37. The van der Waals surface area contributed by atoms with Gasteiger partial charge in [0.05, 0.1) is 10.4 Å². The fourth-order valence-electron chi connectivity index (χ4n) is 2.18. The molecule has 2 aromatic rings. The molecule has 1 aliphatic carbocycles. The molecule has 21 heavy (non-hydrogen) atoms. The van der Waals surface area contributed by atoms with Crippen molar-refractivity contribution in [1.29, 1.82) is 0 Å². The van der Waals surface area contributed by atoms with Crippen molar-refractivity contribution in [1.82, 2.24) is 10.1 Å². The smallest absolute Gasteiger partial charge is 0.242 e. The number of benzene rings is 1. The summed E-state index contributed by atoms with van der Waals surface area (Å²) in [6.45, 7) is 0. The molecule has 1 heterocycles. The van der Waals surface area contributed by atoms with E-state index in [1.807, 2.05) is 0 Å². The maximum Gasteiger partial charge on any atom is 0.242 e. The molecule has 1 aromatic carbocycles. The van der Waals surface area contributed by atoms with E-state index < -0.39 is 15.4 Å². The average Bonchev–Trinajstić information content (AvgIpc) is 2.84. The zero-order valence-electron chi connectivity index (χ0n) is 11.1. The second kappa shape index (κ2) is 5.08. The van der Waals surface area contributed by atoms with Crippen LogP contribution in [-0.4, -0.2) is 18.6 Å². The van der Waals surface area contributed by atoms with E-state index in [0.29, 0.717) is 10.8 Å². The molecule has 112 valence electrons. The molecule has 6 nitrogen and oxygen atoms in total. The monoisotopic (exact) mass is 327 g/mol. The second-order valence-corrected chi connectivity index (χ2v) is 7.66. The number of sulfone groups is 1. The van der Waals surface area contributed by atoms with Crippen LogP contribution < -0.4 is 5.73 Å². The Balaban J connectivity index is 1.81. The van der Waals surface area contributed by atoms with Gasteiger partial charge >= 0.3 is 0 Å². The standard InChI is InChI=1S/C13H14ClN3O3S/c14-9-2-4-10(5-3-9)21(18,19)8-11-16-12(17-20-11)13(15)6-1-7-13/h2-5H,1,6-8,15H2. The van der Waals surface area contributed by atoms with Crippen molar-refractivity contribution in [2.45, 2.75) is 35.4 Å². The Bertz CT molecular complexity index is 751. The van der Waals surface area contributed by atoms with Gasteiger partial charge < -0.3 is 10.3 Å². The van der Waals surface area contributed by atoms with Gasteiger partial charge in [-0.15, -0.1) is 0 Å². The zero-order valence-corrected chi connectivity index (χ0v) is 12.7. The first kappa shape index (κ1) is 14.5. The third-order valence-electron chi connectivity index (χ3n) is 3.65. The van der Waals surface area contributed by atoms with Gasteiger partial charge in [-0.25, -0.2) is 8.42 Å². The van der Waals surface area contributed by atoms with Gasteiger partial charge in [0.25, 0.3) is 0 Å². The highest BCUT2D eigenvalue weighted by molar-refractivity contribution is 7.90. The molecule has 0 unspecified atom stereocenters. The Labute approximate surface area is 127 Å². The number of hydrogen-bond acceptors (Lipinski definition) is 6. The summed E-state index contributed by atoms with van der Waals surface area (Å²) < 4.78 is 29.5. The average molecular weight is 328 g/mol. The third kappa shape index (κ3) is 2.81. The fourth-order valence-corrected chi connectivity index (χ4v) is 3.47. The van der Waals surface area contributed by atoms with Crippen LogP contribution >= 0.6 is 11.6 Å². The summed E-state index contributed by atoms with van der Waals surface area (Å²) in [5.74, 6) is 0.0873. The van der Waals surface area contributed by atoms with Crippen molar-refractivity contribution in [3.05, 3.63) is 41.0 Å². The molecule has 0 atom stereocenters. The SMILES string of the molecule is NC1(c2noc(CS(=O)(=O)c3ccc(Cl)cc3)n2)CCC1. The fraction of sp³-hybridized carbons (Fsp3) is 0.385. The van der Waals surface area contributed by atoms with Gasteiger partial charge in [-0.1, -0.05) is 16.8 Å². The Kier molecular flexibility index (Phi) is 3.51. The van der Waals surface area contributed by atoms with Crippen LogP contribution in [0, 0.1) is 0 Å². The molecular formula is C13H14ClN3O3S. The highest BCUT2D eigenvalue weighted by Gasteiger charge is 2.39. The Morgan fingerprint density at radius 1 is 1.29 bits per heavy atom. The Hall–Kier alpha value is -1.44. The molecule has 3 rings (SSSR count). The van der Waals surface area contributed by atoms with Crippen LogP contribution in [0.2, 0.25) is 5.02 Å². The molecule has 8 heteroatoms. The summed E-state index contributed by atoms with van der Waals surface area (Å²) in [5.41, 5.74) is 5.52. The van der Waals surface area contributed by atoms with Crippen LogP contribution in [0.15, 0.2) is 33.7 Å². The predicted molar refractivity (Wildman–Crippen MR) is 76.4 cm³/mol. The molecule has 1 aromatic heterocycles. The van der Waals surface area contributed by atoms with Crippen molar-refractivity contribution < 1.29 is 12.9 Å². The van der Waals surface area contributed by atoms with Gasteiger partial charge in [-0.05, 0) is 43.5 Å². The summed E-state index contributed by atoms with van der Waals surface area (Å²) in [4.78, 5) is 4.29. The number of nitrogens with two attached hydrogens (primary N) is 1. The minimum absolute atomic E-state index is 0.0525. The first-order valence-electron chi connectivity index (χ1n) is 6.49. The first-order chi connectivity index (χ1) is 9.89. The van der Waals surface area contributed by atoms with E-state index in [1.54, 1.807) is 0 Å². The first-order valence-corrected chi connectivity index (χ1v) is 8.52. The van der Waals surface area contributed by atoms with Crippen LogP contribution in [0.4, 0.5) is 0 Å². The predicted octanol–water partition coefficient (Wildman–Crippen LogP) is 2.03. The normalized spacial score (nSPS) is 17.4. The van der Waals surface area contributed by atoms with Crippen molar-refractivity contribution in [2.24, 2.45) is 5.73 Å². The minimum atomic E-state index is -3.55. The lowest BCUT2D eigenvalue weighted by Gasteiger charge is -2.34. The minimum Gasteiger partial charge on any atom is -0.338 e. The molecular weight excluding hydrogens is 314 g/mol. The molecule has 2 N–H and O–H groups in total. The van der Waals surface area contributed by atoms with Crippen LogP contribution in [0.25, 0.3) is 0 Å². The van der Waals surface area contributed by atoms with Crippen LogP contribution in [0.3, 0.4) is 0 Å².